The van der Waals surface area contributed by atoms with Crippen molar-refractivity contribution in [1.82, 2.24) is 4.90 Å². The third-order valence-corrected chi connectivity index (χ3v) is 1.74. The van der Waals surface area contributed by atoms with Crippen LogP contribution in [0.5, 0.6) is 0 Å². The summed E-state index contributed by atoms with van der Waals surface area (Å²) >= 11 is 1.57. The zero-order valence-electron chi connectivity index (χ0n) is 5.88. The van der Waals surface area contributed by atoms with Gasteiger partial charge in [0.15, 0.2) is 0 Å². The zero-order chi connectivity index (χ0) is 7.28. The molecule has 0 fully saturated rings. The molecule has 0 aromatic rings. The molecule has 0 bridgehead atoms. The molecule has 0 aliphatic carbocycles. The molecule has 0 heterocycles. The second-order valence-corrected chi connectivity index (χ2v) is 2.54. The van der Waals surface area contributed by atoms with Gasteiger partial charge in [-0.05, 0) is 6.26 Å². The Hall–Kier alpha value is -0.620. The van der Waals surface area contributed by atoms with Gasteiger partial charge < -0.3 is 4.90 Å². The lowest BCUT2D eigenvalue weighted by Gasteiger charge is -2.12. The molecule has 0 saturated heterocycles. The van der Waals surface area contributed by atoms with Gasteiger partial charge in [-0.15, -0.1) is 11.8 Å². The van der Waals surface area contributed by atoms with Crippen LogP contribution in [0.2, 0.25) is 0 Å². The van der Waals surface area contributed by atoms with E-state index in [1.54, 1.807) is 11.8 Å². The summed E-state index contributed by atoms with van der Waals surface area (Å²) in [4.78, 5) is 1.91. The van der Waals surface area contributed by atoms with Crippen LogP contribution >= 0.6 is 11.8 Å². The Balaban J connectivity index is 4.02. The first-order valence-corrected chi connectivity index (χ1v) is 3.76. The van der Waals surface area contributed by atoms with E-state index in [1.165, 1.54) is 6.08 Å². The largest absolute Gasteiger partial charge is 0.372 e. The van der Waals surface area contributed by atoms with Gasteiger partial charge in [0.05, 0.1) is 11.1 Å². The summed E-state index contributed by atoms with van der Waals surface area (Å²) in [6.07, 6.45) is 3.48. The lowest BCUT2D eigenvalue weighted by Crippen LogP contribution is -2.07. The summed E-state index contributed by atoms with van der Waals surface area (Å²) in [6.45, 7) is 0. The smallest absolute Gasteiger partial charge is 0.0939 e. The van der Waals surface area contributed by atoms with Crippen molar-refractivity contribution in [2.75, 3.05) is 20.4 Å². The molecule has 0 saturated carbocycles. The van der Waals surface area contributed by atoms with Crippen LogP contribution in [-0.2, 0) is 0 Å². The van der Waals surface area contributed by atoms with Crippen molar-refractivity contribution in [1.29, 1.82) is 5.26 Å². The number of allylic oxidation sites excluding steroid dienone is 1. The Kier molecular flexibility index (Phi) is 3.98. The molecule has 50 valence electrons. The van der Waals surface area contributed by atoms with E-state index in [2.05, 4.69) is 0 Å². The lowest BCUT2D eigenvalue weighted by molar-refractivity contribution is 0.551. The van der Waals surface area contributed by atoms with Crippen LogP contribution in [-0.4, -0.2) is 25.3 Å². The van der Waals surface area contributed by atoms with Crippen molar-refractivity contribution in [3.63, 3.8) is 0 Å². The normalized spacial score (nSPS) is 10.7. The average Bonchev–Trinajstić information content (AvgIpc) is 1.82. The maximum absolute atomic E-state index is 8.25. The van der Waals surface area contributed by atoms with Gasteiger partial charge in [0.25, 0.3) is 0 Å². The van der Waals surface area contributed by atoms with Crippen LogP contribution in [0.15, 0.2) is 11.1 Å². The van der Waals surface area contributed by atoms with Crippen molar-refractivity contribution in [2.45, 2.75) is 0 Å². The predicted octanol–water partition coefficient (Wildman–Crippen LogP) is 1.28. The fourth-order valence-corrected chi connectivity index (χ4v) is 0.962. The molecule has 0 radical (unpaired) electrons. The number of rotatable bonds is 2. The van der Waals surface area contributed by atoms with Crippen LogP contribution < -0.4 is 0 Å². The highest BCUT2D eigenvalue weighted by Crippen LogP contribution is 2.11. The van der Waals surface area contributed by atoms with Crippen LogP contribution in [0.3, 0.4) is 0 Å². The highest BCUT2D eigenvalue weighted by molar-refractivity contribution is 8.02. The zero-order valence-corrected chi connectivity index (χ0v) is 6.70. The first kappa shape index (κ1) is 8.38. The third-order valence-electron chi connectivity index (χ3n) is 0.838. The van der Waals surface area contributed by atoms with E-state index >= 15 is 0 Å². The quantitative estimate of drug-likeness (QED) is 0.543. The molecule has 0 atom stereocenters. The second kappa shape index (κ2) is 4.28. The summed E-state index contributed by atoms with van der Waals surface area (Å²) in [5, 5.41) is 9.23. The Morgan fingerprint density at radius 2 is 2.22 bits per heavy atom. The van der Waals surface area contributed by atoms with Crippen molar-refractivity contribution < 1.29 is 0 Å². The van der Waals surface area contributed by atoms with E-state index in [0.29, 0.717) is 0 Å². The first-order valence-electron chi connectivity index (χ1n) is 2.53. The number of hydrogen-bond donors (Lipinski definition) is 0. The van der Waals surface area contributed by atoms with Crippen molar-refractivity contribution >= 4 is 11.8 Å². The van der Waals surface area contributed by atoms with Gasteiger partial charge in [0.2, 0.25) is 0 Å². The molecule has 9 heavy (non-hydrogen) atoms. The standard InChI is InChI=1S/C6H10N2S/c1-8(2)6(9-3)4-5-7/h4H,1-3H3/b6-4-. The average molecular weight is 142 g/mol. The highest BCUT2D eigenvalue weighted by Gasteiger charge is 1.93. The van der Waals surface area contributed by atoms with Gasteiger partial charge in [0.1, 0.15) is 0 Å². The van der Waals surface area contributed by atoms with E-state index in [9.17, 15) is 0 Å². The fourth-order valence-electron chi connectivity index (χ4n) is 0.426. The fraction of sp³-hybridized carbons (Fsp3) is 0.500. The lowest BCUT2D eigenvalue weighted by atomic mass is 10.6. The van der Waals surface area contributed by atoms with Crippen LogP contribution in [0, 0.1) is 11.3 Å². The topological polar surface area (TPSA) is 27.0 Å². The minimum atomic E-state index is 0.984. The minimum absolute atomic E-state index is 0.984. The molecular weight excluding hydrogens is 132 g/mol. The SMILES string of the molecule is CS/C(=C\C#N)N(C)C. The molecule has 0 aromatic carbocycles. The predicted molar refractivity (Wildman–Crippen MR) is 40.9 cm³/mol. The number of thioether (sulfide) groups is 1. The number of nitrogens with zero attached hydrogens (tertiary/aromatic N) is 2. The second-order valence-electron chi connectivity index (χ2n) is 1.71. The summed E-state index contributed by atoms with van der Waals surface area (Å²) < 4.78 is 0. The Morgan fingerprint density at radius 3 is 2.33 bits per heavy atom. The third kappa shape index (κ3) is 3.04. The maximum Gasteiger partial charge on any atom is 0.0939 e. The van der Waals surface area contributed by atoms with E-state index < -0.39 is 0 Å². The Morgan fingerprint density at radius 1 is 1.67 bits per heavy atom. The monoisotopic (exact) mass is 142 g/mol. The molecular formula is C6H10N2S. The molecule has 0 aromatic heterocycles. The Bertz CT molecular complexity index is 144. The molecule has 0 amide bonds. The summed E-state index contributed by atoms with van der Waals surface area (Å²) in [7, 11) is 3.83. The highest BCUT2D eigenvalue weighted by atomic mass is 32.2. The van der Waals surface area contributed by atoms with Gasteiger partial charge in [-0.2, -0.15) is 5.26 Å². The van der Waals surface area contributed by atoms with Gasteiger partial charge in [-0.3, -0.25) is 0 Å². The summed E-state index contributed by atoms with van der Waals surface area (Å²) in [5.74, 6) is 0. The van der Waals surface area contributed by atoms with Gasteiger partial charge in [-0.1, -0.05) is 0 Å². The molecule has 0 aliphatic heterocycles. The minimum Gasteiger partial charge on any atom is -0.372 e. The molecule has 0 aliphatic rings. The first-order chi connectivity index (χ1) is 4.22. The van der Waals surface area contributed by atoms with Gasteiger partial charge in [0, 0.05) is 20.2 Å². The molecule has 0 spiro atoms. The van der Waals surface area contributed by atoms with Gasteiger partial charge in [-0.25, -0.2) is 0 Å². The summed E-state index contributed by atoms with van der Waals surface area (Å²) in [6, 6.07) is 1.98. The molecule has 2 nitrogen and oxygen atoms in total. The van der Waals surface area contributed by atoms with Gasteiger partial charge >= 0.3 is 0 Å². The van der Waals surface area contributed by atoms with Crippen molar-refractivity contribution in [3.8, 4) is 6.07 Å². The van der Waals surface area contributed by atoms with Crippen molar-refractivity contribution in [3.05, 3.63) is 11.1 Å². The van der Waals surface area contributed by atoms with E-state index in [0.717, 1.165) is 5.03 Å². The molecule has 0 N–H and O–H groups in total. The van der Waals surface area contributed by atoms with E-state index in [4.69, 9.17) is 5.26 Å². The molecule has 0 unspecified atom stereocenters. The molecule has 0 rings (SSSR count). The summed E-state index contributed by atoms with van der Waals surface area (Å²) in [5.41, 5.74) is 0. The molecule has 3 heteroatoms. The van der Waals surface area contributed by atoms with Crippen LogP contribution in [0.1, 0.15) is 0 Å². The number of nitriles is 1. The van der Waals surface area contributed by atoms with Crippen LogP contribution in [0.4, 0.5) is 0 Å². The van der Waals surface area contributed by atoms with E-state index in [-0.39, 0.29) is 0 Å². The Labute approximate surface area is 60.1 Å². The van der Waals surface area contributed by atoms with Crippen LogP contribution in [0.25, 0.3) is 0 Å². The van der Waals surface area contributed by atoms with Crippen molar-refractivity contribution in [2.24, 2.45) is 0 Å². The number of hydrogen-bond acceptors (Lipinski definition) is 3. The maximum atomic E-state index is 8.25. The van der Waals surface area contributed by atoms with E-state index in [1.807, 2.05) is 31.3 Å².